The van der Waals surface area contributed by atoms with Crippen molar-refractivity contribution in [1.82, 2.24) is 24.7 Å². The number of nitrogens with one attached hydrogen (secondary N) is 2. The highest BCUT2D eigenvalue weighted by Crippen LogP contribution is 2.35. The molecule has 4 heterocycles. The van der Waals surface area contributed by atoms with Gasteiger partial charge >= 0.3 is 6.18 Å². The first kappa shape index (κ1) is 34.3. The first-order valence-electron chi connectivity index (χ1n) is 16.7. The molecule has 12 heteroatoms. The Morgan fingerprint density at radius 1 is 1.02 bits per heavy atom. The molecule has 3 aliphatic rings. The molecule has 0 unspecified atom stereocenters. The van der Waals surface area contributed by atoms with Gasteiger partial charge in [0.1, 0.15) is 11.4 Å². The minimum Gasteiger partial charge on any atom is -0.379 e. The van der Waals surface area contributed by atoms with E-state index in [2.05, 4.69) is 72.9 Å². The summed E-state index contributed by atoms with van der Waals surface area (Å²) in [5.41, 5.74) is 2.77. The Kier molecular flexibility index (Phi) is 11.0. The summed E-state index contributed by atoms with van der Waals surface area (Å²) in [5.74, 6) is -0.103. The first-order chi connectivity index (χ1) is 21.9. The van der Waals surface area contributed by atoms with Crippen molar-refractivity contribution in [3.05, 3.63) is 47.8 Å². The number of hydrogen-bond donors (Lipinski definition) is 2. The van der Waals surface area contributed by atoms with Crippen LogP contribution in [0.25, 0.3) is 0 Å². The summed E-state index contributed by atoms with van der Waals surface area (Å²) in [5, 5.41) is 6.21. The summed E-state index contributed by atoms with van der Waals surface area (Å²) in [6.45, 7) is 19.6. The third kappa shape index (κ3) is 8.83. The Bertz CT molecular complexity index is 1320. The zero-order chi connectivity index (χ0) is 32.9. The Balaban J connectivity index is 1.25. The van der Waals surface area contributed by atoms with Gasteiger partial charge in [0.15, 0.2) is 0 Å². The normalized spacial score (nSPS) is 19.8. The standard InChI is InChI=1S/C34H51F3N8O/c1-6-26-21-28(44-16-14-43(15-17-44)27-9-12-42(5)13-10-27)7-8-30(26)40-32-38-22-29(34(35,36)37)31(41-32)39-23-33(3,4)24-45-18-20-46-19-11-25(45)2/h7-8,21-22,27H,2,6,9-20,23-24H2,1,3-5H3,(H2,38,39,40,41). The summed E-state index contributed by atoms with van der Waals surface area (Å²) < 4.78 is 47.6. The number of alkyl halides is 3. The molecule has 0 atom stereocenters. The molecular formula is C34H51F3N8O. The van der Waals surface area contributed by atoms with E-state index in [0.29, 0.717) is 32.3 Å². The highest BCUT2D eigenvalue weighted by Gasteiger charge is 2.36. The number of anilines is 4. The molecule has 1 aromatic carbocycles. The van der Waals surface area contributed by atoms with Gasteiger partial charge in [0, 0.05) is 81.5 Å². The average molecular weight is 645 g/mol. The average Bonchev–Trinajstić information content (AvgIpc) is 3.23. The molecule has 5 rings (SSSR count). The molecule has 0 saturated carbocycles. The number of piperazine rings is 1. The van der Waals surface area contributed by atoms with Crippen LogP contribution < -0.4 is 15.5 Å². The molecule has 46 heavy (non-hydrogen) atoms. The number of hydrogen-bond acceptors (Lipinski definition) is 9. The van der Waals surface area contributed by atoms with Crippen molar-refractivity contribution in [1.29, 1.82) is 0 Å². The molecule has 3 saturated heterocycles. The van der Waals surface area contributed by atoms with Crippen molar-refractivity contribution in [2.24, 2.45) is 5.41 Å². The van der Waals surface area contributed by atoms with Crippen LogP contribution in [0.5, 0.6) is 0 Å². The quantitative estimate of drug-likeness (QED) is 0.340. The zero-order valence-corrected chi connectivity index (χ0v) is 27.9. The fourth-order valence-electron chi connectivity index (χ4n) is 6.67. The van der Waals surface area contributed by atoms with Crippen LogP contribution in [0.2, 0.25) is 0 Å². The van der Waals surface area contributed by atoms with Gasteiger partial charge in [-0.1, -0.05) is 27.4 Å². The number of nitrogens with zero attached hydrogens (tertiary/aromatic N) is 6. The van der Waals surface area contributed by atoms with E-state index < -0.39 is 11.7 Å². The fourth-order valence-corrected chi connectivity index (χ4v) is 6.67. The Morgan fingerprint density at radius 2 is 1.76 bits per heavy atom. The number of aromatic nitrogens is 2. The lowest BCUT2D eigenvalue weighted by Crippen LogP contribution is -2.53. The minimum atomic E-state index is -4.59. The van der Waals surface area contributed by atoms with Crippen LogP contribution in [0.15, 0.2) is 36.7 Å². The minimum absolute atomic E-state index is 0.126. The van der Waals surface area contributed by atoms with Crippen molar-refractivity contribution >= 4 is 23.1 Å². The van der Waals surface area contributed by atoms with Gasteiger partial charge in [-0.15, -0.1) is 0 Å². The van der Waals surface area contributed by atoms with E-state index in [1.165, 1.54) is 31.6 Å². The van der Waals surface area contributed by atoms with Crippen molar-refractivity contribution in [3.63, 3.8) is 0 Å². The highest BCUT2D eigenvalue weighted by atomic mass is 19.4. The smallest absolute Gasteiger partial charge is 0.379 e. The van der Waals surface area contributed by atoms with E-state index in [-0.39, 0.29) is 23.7 Å². The molecule has 2 N–H and O–H groups in total. The summed E-state index contributed by atoms with van der Waals surface area (Å²) >= 11 is 0. The van der Waals surface area contributed by atoms with Crippen LogP contribution >= 0.6 is 0 Å². The topological polar surface area (TPSA) is 72.0 Å². The Hall–Kier alpha value is -3.09. The molecule has 0 bridgehead atoms. The van der Waals surface area contributed by atoms with Gasteiger partial charge in [0.25, 0.3) is 0 Å². The molecule has 254 valence electrons. The molecular weight excluding hydrogens is 593 g/mol. The van der Waals surface area contributed by atoms with Gasteiger partial charge < -0.3 is 30.1 Å². The maximum atomic E-state index is 14.0. The van der Waals surface area contributed by atoms with E-state index in [1.807, 2.05) is 19.9 Å². The lowest BCUT2D eigenvalue weighted by atomic mass is 9.92. The van der Waals surface area contributed by atoms with E-state index in [1.54, 1.807) is 0 Å². The number of likely N-dealkylation sites (tertiary alicyclic amines) is 1. The first-order valence-corrected chi connectivity index (χ1v) is 16.7. The second-order valence-electron chi connectivity index (χ2n) is 13.7. The maximum Gasteiger partial charge on any atom is 0.421 e. The predicted octanol–water partition coefficient (Wildman–Crippen LogP) is 5.69. The third-order valence-corrected chi connectivity index (χ3v) is 9.54. The molecule has 1 aromatic heterocycles. The largest absolute Gasteiger partial charge is 0.421 e. The fraction of sp³-hybridized carbons (Fsp3) is 0.647. The zero-order valence-electron chi connectivity index (χ0n) is 27.9. The van der Waals surface area contributed by atoms with E-state index in [0.717, 1.165) is 62.2 Å². The second kappa shape index (κ2) is 14.8. The Morgan fingerprint density at radius 3 is 2.46 bits per heavy atom. The molecule has 0 radical (unpaired) electrons. The van der Waals surface area contributed by atoms with Crippen molar-refractivity contribution in [2.45, 2.75) is 58.7 Å². The van der Waals surface area contributed by atoms with Crippen LogP contribution in [0.4, 0.5) is 36.3 Å². The number of halogens is 3. The summed E-state index contributed by atoms with van der Waals surface area (Å²) in [6, 6.07) is 6.94. The SMILES string of the molecule is C=C1CCOCCN1CC(C)(C)CNc1nc(Nc2ccc(N3CCN(C4CCN(C)CC4)CC3)cc2CC)ncc1C(F)(F)F. The van der Waals surface area contributed by atoms with E-state index in [4.69, 9.17) is 4.74 Å². The predicted molar refractivity (Wildman–Crippen MR) is 179 cm³/mol. The number of rotatable bonds is 10. The molecule has 0 spiro atoms. The van der Waals surface area contributed by atoms with Crippen LogP contribution in [0.3, 0.4) is 0 Å². The van der Waals surface area contributed by atoms with Gasteiger partial charge in [-0.2, -0.15) is 18.2 Å². The summed E-state index contributed by atoms with van der Waals surface area (Å²) in [7, 11) is 2.20. The lowest BCUT2D eigenvalue weighted by Gasteiger charge is -2.43. The second-order valence-corrected chi connectivity index (χ2v) is 13.7. The Labute approximate surface area is 272 Å². The van der Waals surface area contributed by atoms with Crippen LogP contribution in [-0.2, 0) is 17.3 Å². The third-order valence-electron chi connectivity index (χ3n) is 9.54. The van der Waals surface area contributed by atoms with Gasteiger partial charge in [-0.25, -0.2) is 4.98 Å². The number of ether oxygens (including phenoxy) is 1. The van der Waals surface area contributed by atoms with Crippen LogP contribution in [0, 0.1) is 5.41 Å². The molecule has 0 amide bonds. The van der Waals surface area contributed by atoms with Gasteiger partial charge in [-0.05, 0) is 68.6 Å². The molecule has 3 fully saturated rings. The van der Waals surface area contributed by atoms with Gasteiger partial charge in [-0.3, -0.25) is 4.90 Å². The number of piperidine rings is 1. The number of benzene rings is 1. The molecule has 9 nitrogen and oxygen atoms in total. The maximum absolute atomic E-state index is 14.0. The monoisotopic (exact) mass is 644 g/mol. The van der Waals surface area contributed by atoms with Gasteiger partial charge in [0.05, 0.1) is 13.2 Å². The van der Waals surface area contributed by atoms with Crippen molar-refractivity contribution in [2.75, 3.05) is 94.7 Å². The van der Waals surface area contributed by atoms with Crippen molar-refractivity contribution < 1.29 is 17.9 Å². The number of aryl methyl sites for hydroxylation is 1. The highest BCUT2D eigenvalue weighted by molar-refractivity contribution is 5.65. The van der Waals surface area contributed by atoms with E-state index >= 15 is 0 Å². The van der Waals surface area contributed by atoms with E-state index in [9.17, 15) is 13.2 Å². The van der Waals surface area contributed by atoms with Gasteiger partial charge in [0.2, 0.25) is 5.95 Å². The van der Waals surface area contributed by atoms with Crippen molar-refractivity contribution in [3.8, 4) is 0 Å². The lowest BCUT2D eigenvalue weighted by molar-refractivity contribution is -0.137. The molecule has 0 aliphatic carbocycles. The van der Waals surface area contributed by atoms with Crippen LogP contribution in [0.1, 0.15) is 51.2 Å². The summed E-state index contributed by atoms with van der Waals surface area (Å²) in [4.78, 5) is 18.1. The molecule has 3 aliphatic heterocycles. The molecule has 2 aromatic rings. The summed E-state index contributed by atoms with van der Waals surface area (Å²) in [6.07, 6.45) is 0.263. The van der Waals surface area contributed by atoms with Crippen LogP contribution in [-0.4, -0.2) is 110 Å².